The van der Waals surface area contributed by atoms with Crippen molar-refractivity contribution in [2.75, 3.05) is 14.2 Å². The van der Waals surface area contributed by atoms with Gasteiger partial charge in [-0.15, -0.1) is 0 Å². The van der Waals surface area contributed by atoms with Crippen molar-refractivity contribution >= 4 is 17.2 Å². The van der Waals surface area contributed by atoms with Crippen LogP contribution in [0, 0.1) is 23.7 Å². The van der Waals surface area contributed by atoms with E-state index in [1.54, 1.807) is 0 Å². The fourth-order valence-electron chi connectivity index (χ4n) is 3.82. The summed E-state index contributed by atoms with van der Waals surface area (Å²) in [6.45, 7) is 12.2. The molecule has 1 aliphatic rings. The average Bonchev–Trinajstić information content (AvgIpc) is 2.82. The van der Waals surface area contributed by atoms with Crippen molar-refractivity contribution in [1.29, 1.82) is 0 Å². The Balaban J connectivity index is 3.59. The monoisotopic (exact) mass is 424 g/mol. The van der Waals surface area contributed by atoms with Gasteiger partial charge in [0.1, 0.15) is 20.0 Å². The Morgan fingerprint density at radius 1 is 1.00 bits per heavy atom. The van der Waals surface area contributed by atoms with E-state index < -0.39 is 17.3 Å². The minimum Gasteiger partial charge on any atom is -0.508 e. The third-order valence-corrected chi connectivity index (χ3v) is 5.39. The number of nitrogens with zero attached hydrogens (tertiary/aromatic N) is 2. The molecule has 2 N–H and O–H groups in total. The predicted molar refractivity (Wildman–Crippen MR) is 120 cm³/mol. The van der Waals surface area contributed by atoms with Crippen molar-refractivity contribution in [3.63, 3.8) is 0 Å². The molecular formula is C23H40N2O5. The molecule has 0 radical (unpaired) electrons. The first-order chi connectivity index (χ1) is 14.0. The maximum absolute atomic E-state index is 13.5. The second kappa shape index (κ2) is 11.5. The van der Waals surface area contributed by atoms with Gasteiger partial charge in [0.05, 0.1) is 22.9 Å². The Bertz CT molecular complexity index is 679. The molecule has 7 nitrogen and oxygen atoms in total. The Kier molecular flexibility index (Phi) is 10.0. The quantitative estimate of drug-likeness (QED) is 0.351. The molecule has 1 rings (SSSR count). The fourth-order valence-corrected chi connectivity index (χ4v) is 3.82. The van der Waals surface area contributed by atoms with Crippen molar-refractivity contribution in [2.45, 2.75) is 79.2 Å². The van der Waals surface area contributed by atoms with Gasteiger partial charge in [0.25, 0.3) is 0 Å². The number of allylic oxidation sites excluding steroid dienone is 1. The first kappa shape index (κ1) is 26.1. The van der Waals surface area contributed by atoms with Crippen LogP contribution >= 0.6 is 0 Å². The zero-order valence-electron chi connectivity index (χ0n) is 19.9. The lowest BCUT2D eigenvalue weighted by molar-refractivity contribution is -0.121. The molecule has 0 aliphatic heterocycles. The number of carbonyl (C=O) groups excluding carboxylic acids is 1. The molecule has 0 bridgehead atoms. The van der Waals surface area contributed by atoms with Gasteiger partial charge >= 0.3 is 0 Å². The number of ketones is 1. The van der Waals surface area contributed by atoms with Gasteiger partial charge in [-0.2, -0.15) is 0 Å². The van der Waals surface area contributed by atoms with Crippen molar-refractivity contribution in [3.8, 4) is 0 Å². The molecule has 0 saturated heterocycles. The Morgan fingerprint density at radius 3 is 2.03 bits per heavy atom. The van der Waals surface area contributed by atoms with Gasteiger partial charge in [-0.1, -0.05) is 58.3 Å². The number of carbonyl (C=O) groups is 1. The van der Waals surface area contributed by atoms with Crippen molar-refractivity contribution in [3.05, 3.63) is 11.3 Å². The number of oxime groups is 2. The third kappa shape index (κ3) is 6.06. The van der Waals surface area contributed by atoms with Crippen LogP contribution < -0.4 is 0 Å². The highest BCUT2D eigenvalue weighted by molar-refractivity contribution is 6.27. The van der Waals surface area contributed by atoms with Crippen LogP contribution in [-0.2, 0) is 14.5 Å². The Morgan fingerprint density at radius 2 is 1.57 bits per heavy atom. The molecule has 0 aromatic carbocycles. The van der Waals surface area contributed by atoms with Crippen molar-refractivity contribution < 1.29 is 24.7 Å². The molecular weight excluding hydrogens is 384 g/mol. The highest BCUT2D eigenvalue weighted by Gasteiger charge is 2.57. The molecule has 0 spiro atoms. The van der Waals surface area contributed by atoms with Crippen LogP contribution in [0.25, 0.3) is 0 Å². The summed E-state index contributed by atoms with van der Waals surface area (Å²) in [5, 5.41) is 31.1. The van der Waals surface area contributed by atoms with Gasteiger partial charge in [-0.25, -0.2) is 0 Å². The van der Waals surface area contributed by atoms with Gasteiger partial charge in [-0.3, -0.25) is 4.79 Å². The SMILES string of the molecule is CO/N=C(/CC(C)C)C1=C(O)[C@](O)(/C(CCC(C)C)=N/OC)[C@@H](CCC(C)C)C1=O. The van der Waals surface area contributed by atoms with Gasteiger partial charge in [0, 0.05) is 0 Å². The smallest absolute Gasteiger partial charge is 0.175 e. The van der Waals surface area contributed by atoms with E-state index in [2.05, 4.69) is 38.0 Å². The van der Waals surface area contributed by atoms with Gasteiger partial charge in [-0.05, 0) is 43.4 Å². The summed E-state index contributed by atoms with van der Waals surface area (Å²) in [4.78, 5) is 23.4. The number of aliphatic hydroxyl groups is 2. The second-order valence-corrected chi connectivity index (χ2v) is 9.35. The molecule has 0 amide bonds. The van der Waals surface area contributed by atoms with Crippen LogP contribution in [0.5, 0.6) is 0 Å². The van der Waals surface area contributed by atoms with Gasteiger partial charge < -0.3 is 19.9 Å². The summed E-state index contributed by atoms with van der Waals surface area (Å²) in [5.41, 5.74) is -1.23. The van der Waals surface area contributed by atoms with E-state index in [0.29, 0.717) is 36.8 Å². The van der Waals surface area contributed by atoms with E-state index in [4.69, 9.17) is 9.68 Å². The summed E-state index contributed by atoms with van der Waals surface area (Å²) < 4.78 is 0. The first-order valence-corrected chi connectivity index (χ1v) is 10.9. The van der Waals surface area contributed by atoms with Crippen LogP contribution in [0.3, 0.4) is 0 Å². The lowest BCUT2D eigenvalue weighted by Crippen LogP contribution is -2.47. The molecule has 1 aliphatic carbocycles. The van der Waals surface area contributed by atoms with E-state index in [1.165, 1.54) is 14.2 Å². The van der Waals surface area contributed by atoms with E-state index >= 15 is 0 Å². The molecule has 0 aromatic rings. The molecule has 0 aromatic heterocycles. The lowest BCUT2D eigenvalue weighted by atomic mass is 9.78. The minimum absolute atomic E-state index is 0.0511. The summed E-state index contributed by atoms with van der Waals surface area (Å²) >= 11 is 0. The van der Waals surface area contributed by atoms with E-state index in [-0.39, 0.29) is 23.0 Å². The highest BCUT2D eigenvalue weighted by atomic mass is 16.6. The van der Waals surface area contributed by atoms with E-state index in [1.807, 2.05) is 13.8 Å². The standard InChI is InChI=1S/C23H40N2O5/c1-14(2)9-11-17-21(26)20(18(24-29-7)13-16(5)6)22(27)23(17,28)19(25-30-8)12-10-15(3)4/h14-17,27-28H,9-13H2,1-8H3/b24-18-,25-19+/t17-,23+/m0/s1. The van der Waals surface area contributed by atoms with Gasteiger partial charge in [0.15, 0.2) is 11.4 Å². The highest BCUT2D eigenvalue weighted by Crippen LogP contribution is 2.43. The maximum atomic E-state index is 13.5. The topological polar surface area (TPSA) is 101 Å². The maximum Gasteiger partial charge on any atom is 0.175 e. The number of aliphatic hydroxyl groups excluding tert-OH is 1. The largest absolute Gasteiger partial charge is 0.508 e. The lowest BCUT2D eigenvalue weighted by Gasteiger charge is -2.31. The minimum atomic E-state index is -1.91. The molecule has 7 heteroatoms. The third-order valence-electron chi connectivity index (χ3n) is 5.39. The fraction of sp³-hybridized carbons (Fsp3) is 0.783. The molecule has 2 atom stereocenters. The van der Waals surface area contributed by atoms with Crippen LogP contribution in [0.15, 0.2) is 21.6 Å². The number of hydrogen-bond donors (Lipinski definition) is 2. The Hall–Kier alpha value is -1.89. The van der Waals surface area contributed by atoms with Crippen molar-refractivity contribution in [2.24, 2.45) is 34.0 Å². The predicted octanol–water partition coefficient (Wildman–Crippen LogP) is 4.65. The van der Waals surface area contributed by atoms with Crippen molar-refractivity contribution in [1.82, 2.24) is 0 Å². The average molecular weight is 425 g/mol. The van der Waals surface area contributed by atoms with Gasteiger partial charge in [0.2, 0.25) is 0 Å². The van der Waals surface area contributed by atoms with E-state index in [9.17, 15) is 15.0 Å². The summed E-state index contributed by atoms with van der Waals surface area (Å²) in [7, 11) is 2.80. The molecule has 30 heavy (non-hydrogen) atoms. The zero-order valence-corrected chi connectivity index (χ0v) is 19.9. The van der Waals surface area contributed by atoms with E-state index in [0.717, 1.165) is 12.8 Å². The van der Waals surface area contributed by atoms with Crippen LogP contribution in [0.1, 0.15) is 73.6 Å². The summed E-state index contributed by atoms with van der Waals surface area (Å²) in [5.74, 6) is -0.667. The van der Waals surface area contributed by atoms with Crippen LogP contribution in [0.2, 0.25) is 0 Å². The Labute approximate surface area is 181 Å². The molecule has 0 heterocycles. The summed E-state index contributed by atoms with van der Waals surface area (Å²) in [6.07, 6.45) is 2.74. The van der Waals surface area contributed by atoms with Crippen LogP contribution in [0.4, 0.5) is 0 Å². The molecule has 0 unspecified atom stereocenters. The second-order valence-electron chi connectivity index (χ2n) is 9.35. The molecule has 172 valence electrons. The number of hydrogen-bond acceptors (Lipinski definition) is 7. The molecule has 0 saturated carbocycles. The normalized spacial score (nSPS) is 23.3. The molecule has 0 fully saturated rings. The zero-order chi connectivity index (χ0) is 23.1. The summed E-state index contributed by atoms with van der Waals surface area (Å²) in [6, 6.07) is 0. The first-order valence-electron chi connectivity index (χ1n) is 10.9. The number of Topliss-reactive ketones (excluding diaryl/α,β-unsaturated/α-hetero) is 1. The number of rotatable bonds is 12. The van der Waals surface area contributed by atoms with Crippen LogP contribution in [-0.4, -0.2) is 47.2 Å².